The zero-order valence-corrected chi connectivity index (χ0v) is 18.4. The number of guanidine groups is 1. The molecule has 2 rings (SSSR count). The summed E-state index contributed by atoms with van der Waals surface area (Å²) in [5.41, 5.74) is 0.904. The zero-order valence-electron chi connectivity index (χ0n) is 16.8. The van der Waals surface area contributed by atoms with E-state index in [9.17, 15) is 8.42 Å². The number of hydrogen-bond donors (Lipinski definition) is 3. The van der Waals surface area contributed by atoms with Crippen LogP contribution in [0.15, 0.2) is 38.8 Å². The number of ether oxygens (including phenoxy) is 3. The number of aliphatic imine (C=N–C) groups is 1. The molecule has 0 aliphatic heterocycles. The predicted molar refractivity (Wildman–Crippen MR) is 114 cm³/mol. The molecule has 0 aliphatic rings. The van der Waals surface area contributed by atoms with E-state index in [0.29, 0.717) is 40.5 Å². The van der Waals surface area contributed by atoms with E-state index in [1.165, 1.54) is 11.3 Å². The summed E-state index contributed by atoms with van der Waals surface area (Å²) < 4.78 is 43.0. The van der Waals surface area contributed by atoms with Crippen LogP contribution in [-0.2, 0) is 16.6 Å². The first-order valence-electron chi connectivity index (χ1n) is 8.71. The highest BCUT2D eigenvalue weighted by molar-refractivity contribution is 7.91. The quantitative estimate of drug-likeness (QED) is 0.290. The van der Waals surface area contributed by atoms with Crippen molar-refractivity contribution >= 4 is 27.3 Å². The van der Waals surface area contributed by atoms with Gasteiger partial charge in [0.15, 0.2) is 17.5 Å². The van der Waals surface area contributed by atoms with Crippen LogP contribution < -0.4 is 29.6 Å². The second-order valence-corrected chi connectivity index (χ2v) is 8.66. The molecule has 29 heavy (non-hydrogen) atoms. The van der Waals surface area contributed by atoms with Gasteiger partial charge < -0.3 is 24.8 Å². The molecule has 0 fully saturated rings. The summed E-state index contributed by atoms with van der Waals surface area (Å²) in [6, 6.07) is 6.96. The Balaban J connectivity index is 1.88. The van der Waals surface area contributed by atoms with Gasteiger partial charge in [0, 0.05) is 26.7 Å². The molecule has 0 atom stereocenters. The second-order valence-electron chi connectivity index (χ2n) is 5.72. The van der Waals surface area contributed by atoms with Gasteiger partial charge >= 0.3 is 0 Å². The molecule has 0 spiro atoms. The summed E-state index contributed by atoms with van der Waals surface area (Å²) >= 11 is 1.18. The number of thiophene rings is 1. The van der Waals surface area contributed by atoms with Crippen LogP contribution in [0.4, 0.5) is 0 Å². The Kier molecular flexibility index (Phi) is 8.55. The molecule has 0 unspecified atom stereocenters. The number of sulfonamides is 1. The van der Waals surface area contributed by atoms with Gasteiger partial charge in [-0.15, -0.1) is 11.3 Å². The molecule has 0 bridgehead atoms. The molecule has 0 amide bonds. The van der Waals surface area contributed by atoms with E-state index in [1.807, 2.05) is 12.1 Å². The van der Waals surface area contributed by atoms with Gasteiger partial charge in [-0.25, -0.2) is 13.1 Å². The van der Waals surface area contributed by atoms with E-state index in [-0.39, 0.29) is 6.54 Å². The molecule has 0 saturated heterocycles. The van der Waals surface area contributed by atoms with Crippen molar-refractivity contribution in [3.05, 3.63) is 35.2 Å². The lowest BCUT2D eigenvalue weighted by Gasteiger charge is -2.16. The van der Waals surface area contributed by atoms with E-state index in [4.69, 9.17) is 14.2 Å². The minimum Gasteiger partial charge on any atom is -0.493 e. The Morgan fingerprint density at radius 2 is 1.76 bits per heavy atom. The first-order chi connectivity index (χ1) is 13.9. The Bertz CT molecular complexity index is 889. The number of hydrogen-bond acceptors (Lipinski definition) is 7. The summed E-state index contributed by atoms with van der Waals surface area (Å²) in [5.74, 6) is 2.19. The molecule has 1 aromatic heterocycles. The van der Waals surface area contributed by atoms with Crippen molar-refractivity contribution in [1.82, 2.24) is 15.4 Å². The van der Waals surface area contributed by atoms with Crippen molar-refractivity contribution in [2.45, 2.75) is 10.8 Å². The number of nitrogens with zero attached hydrogens (tertiary/aromatic N) is 1. The molecule has 1 heterocycles. The molecule has 3 N–H and O–H groups in total. The van der Waals surface area contributed by atoms with Crippen molar-refractivity contribution < 1.29 is 22.6 Å². The molecule has 2 aromatic rings. The van der Waals surface area contributed by atoms with Crippen LogP contribution in [0.1, 0.15) is 5.56 Å². The average molecular weight is 443 g/mol. The van der Waals surface area contributed by atoms with Crippen LogP contribution >= 0.6 is 11.3 Å². The molecule has 1 aromatic carbocycles. The van der Waals surface area contributed by atoms with Gasteiger partial charge in [0.1, 0.15) is 4.21 Å². The van der Waals surface area contributed by atoms with Gasteiger partial charge in [-0.1, -0.05) is 6.07 Å². The SMILES string of the molecule is CN=C(NCCNS(=O)(=O)c1cccs1)NCc1cc(OC)c(OC)c(OC)c1. The molecule has 160 valence electrons. The number of nitrogens with one attached hydrogen (secondary N) is 3. The van der Waals surface area contributed by atoms with E-state index in [1.54, 1.807) is 45.9 Å². The van der Waals surface area contributed by atoms with Crippen LogP contribution in [0.25, 0.3) is 0 Å². The first kappa shape index (κ1) is 22.8. The summed E-state index contributed by atoms with van der Waals surface area (Å²) in [7, 11) is 2.84. The van der Waals surface area contributed by atoms with Crippen LogP contribution in [-0.4, -0.2) is 55.8 Å². The van der Waals surface area contributed by atoms with Crippen molar-refractivity contribution in [1.29, 1.82) is 0 Å². The lowest BCUT2D eigenvalue weighted by Crippen LogP contribution is -2.41. The topological polar surface area (TPSA) is 110 Å². The highest BCUT2D eigenvalue weighted by Gasteiger charge is 2.15. The maximum absolute atomic E-state index is 12.1. The second kappa shape index (κ2) is 10.9. The van der Waals surface area contributed by atoms with E-state index < -0.39 is 10.0 Å². The summed E-state index contributed by atoms with van der Waals surface area (Å²) in [4.78, 5) is 4.14. The number of rotatable bonds is 10. The van der Waals surface area contributed by atoms with Crippen LogP contribution in [0.3, 0.4) is 0 Å². The normalized spacial score (nSPS) is 11.8. The molecule has 11 heteroatoms. The lowest BCUT2D eigenvalue weighted by molar-refractivity contribution is 0.323. The van der Waals surface area contributed by atoms with Crippen LogP contribution in [0.2, 0.25) is 0 Å². The summed E-state index contributed by atoms with van der Waals surface area (Å²) in [6.07, 6.45) is 0. The monoisotopic (exact) mass is 442 g/mol. The fourth-order valence-electron chi connectivity index (χ4n) is 2.50. The predicted octanol–water partition coefficient (Wildman–Crippen LogP) is 1.42. The number of methoxy groups -OCH3 is 3. The third-order valence-electron chi connectivity index (χ3n) is 3.88. The minimum absolute atomic E-state index is 0.227. The largest absolute Gasteiger partial charge is 0.493 e. The van der Waals surface area contributed by atoms with Gasteiger partial charge in [0.05, 0.1) is 21.3 Å². The van der Waals surface area contributed by atoms with Gasteiger partial charge in [0.25, 0.3) is 0 Å². The molecule has 0 saturated carbocycles. The fourth-order valence-corrected chi connectivity index (χ4v) is 4.57. The third-order valence-corrected chi connectivity index (χ3v) is 6.74. The smallest absolute Gasteiger partial charge is 0.250 e. The average Bonchev–Trinajstić information content (AvgIpc) is 3.28. The van der Waals surface area contributed by atoms with Crippen molar-refractivity contribution in [3.63, 3.8) is 0 Å². The Labute approximate surface area is 175 Å². The third kappa shape index (κ3) is 6.24. The summed E-state index contributed by atoms with van der Waals surface area (Å²) in [6.45, 7) is 1.06. The van der Waals surface area contributed by atoms with E-state index in [2.05, 4.69) is 20.3 Å². The standard InChI is InChI=1S/C18H26N4O5S2/c1-19-18(20-7-8-22-29(23,24)16-6-5-9-28-16)21-12-13-10-14(25-2)17(27-4)15(11-13)26-3/h5-6,9-11,22H,7-8,12H2,1-4H3,(H2,19,20,21). The van der Waals surface area contributed by atoms with Crippen molar-refractivity contribution in [2.24, 2.45) is 4.99 Å². The van der Waals surface area contributed by atoms with E-state index >= 15 is 0 Å². The first-order valence-corrected chi connectivity index (χ1v) is 11.1. The summed E-state index contributed by atoms with van der Waals surface area (Å²) in [5, 5.41) is 7.95. The fraction of sp³-hybridized carbons (Fsp3) is 0.389. The lowest BCUT2D eigenvalue weighted by atomic mass is 10.2. The Morgan fingerprint density at radius 1 is 1.07 bits per heavy atom. The zero-order chi connectivity index (χ0) is 21.3. The van der Waals surface area contributed by atoms with Crippen LogP contribution in [0.5, 0.6) is 17.2 Å². The highest BCUT2D eigenvalue weighted by Crippen LogP contribution is 2.38. The minimum atomic E-state index is -3.47. The molecular weight excluding hydrogens is 416 g/mol. The van der Waals surface area contributed by atoms with Gasteiger partial charge in [-0.05, 0) is 29.1 Å². The van der Waals surface area contributed by atoms with Gasteiger partial charge in [-0.2, -0.15) is 0 Å². The van der Waals surface area contributed by atoms with Crippen molar-refractivity contribution in [2.75, 3.05) is 41.5 Å². The molecular formula is C18H26N4O5S2. The van der Waals surface area contributed by atoms with E-state index in [0.717, 1.165) is 5.56 Å². The highest BCUT2D eigenvalue weighted by atomic mass is 32.2. The Morgan fingerprint density at radius 3 is 2.28 bits per heavy atom. The van der Waals surface area contributed by atoms with Crippen molar-refractivity contribution in [3.8, 4) is 17.2 Å². The maximum Gasteiger partial charge on any atom is 0.250 e. The number of benzene rings is 1. The maximum atomic E-state index is 12.1. The van der Waals surface area contributed by atoms with Gasteiger partial charge in [-0.3, -0.25) is 4.99 Å². The van der Waals surface area contributed by atoms with Crippen LogP contribution in [0, 0.1) is 0 Å². The Hall–Kier alpha value is -2.50. The molecule has 0 aliphatic carbocycles. The van der Waals surface area contributed by atoms with Gasteiger partial charge in [0.2, 0.25) is 15.8 Å². The molecule has 9 nitrogen and oxygen atoms in total. The molecule has 0 radical (unpaired) electrons.